The first-order valence-electron chi connectivity index (χ1n) is 10.8. The van der Waals surface area contributed by atoms with Crippen LogP contribution >= 0.6 is 0 Å². The maximum absolute atomic E-state index is 9.92. The van der Waals surface area contributed by atoms with Crippen LogP contribution in [-0.4, -0.2) is 36.5 Å². The highest BCUT2D eigenvalue weighted by molar-refractivity contribution is 6.04. The van der Waals surface area contributed by atoms with Gasteiger partial charge < -0.3 is 9.64 Å². The lowest BCUT2D eigenvalue weighted by atomic mass is 10.0. The second kappa shape index (κ2) is 45.5. The van der Waals surface area contributed by atoms with E-state index < -0.39 is 11.9 Å². The van der Waals surface area contributed by atoms with Gasteiger partial charge in [0.1, 0.15) is 0 Å². The molecule has 0 aliphatic carbocycles. The van der Waals surface area contributed by atoms with E-state index in [0.717, 1.165) is 12.2 Å². The van der Waals surface area contributed by atoms with Gasteiger partial charge in [-0.3, -0.25) is 0 Å². The minimum atomic E-state index is -0.579. The van der Waals surface area contributed by atoms with Crippen LogP contribution in [0, 0.1) is 5.41 Å². The monoisotopic (exact) mass is 430 g/mol. The summed E-state index contributed by atoms with van der Waals surface area (Å²) in [6.45, 7) is 34.9. The molecule has 0 fully saturated rings. The van der Waals surface area contributed by atoms with E-state index in [9.17, 15) is 9.59 Å². The SMILES string of the molecule is C.C.CC.CC.CC.CC.CC(C)(C)C.CCN(CC)CC.O=C1C=CC(=O)O1.[HH].[HH].[HH]. The van der Waals surface area contributed by atoms with Gasteiger partial charge >= 0.3 is 11.9 Å². The molecule has 0 unspecified atom stereocenters. The molecule has 0 aromatic heterocycles. The molecule has 1 rings (SSSR count). The molecule has 29 heavy (non-hydrogen) atoms. The van der Waals surface area contributed by atoms with Gasteiger partial charge in [0.05, 0.1) is 0 Å². The van der Waals surface area contributed by atoms with Crippen molar-refractivity contribution in [3.05, 3.63) is 12.2 Å². The summed E-state index contributed by atoms with van der Waals surface area (Å²) in [5.74, 6) is -1.16. The van der Waals surface area contributed by atoms with Crippen molar-refractivity contribution in [1.82, 2.24) is 4.90 Å². The summed E-state index contributed by atoms with van der Waals surface area (Å²) in [5, 5.41) is 0. The molecule has 0 spiro atoms. The topological polar surface area (TPSA) is 46.6 Å². The minimum Gasteiger partial charge on any atom is -0.387 e. The predicted molar refractivity (Wildman–Crippen MR) is 144 cm³/mol. The van der Waals surface area contributed by atoms with Crippen molar-refractivity contribution < 1.29 is 18.6 Å². The van der Waals surface area contributed by atoms with Crippen LogP contribution in [0.2, 0.25) is 0 Å². The second-order valence-electron chi connectivity index (χ2n) is 5.69. The Morgan fingerprint density at radius 3 is 0.897 bits per heavy atom. The Hall–Kier alpha value is -1.16. The lowest BCUT2D eigenvalue weighted by Gasteiger charge is -2.13. The Morgan fingerprint density at radius 2 is 0.862 bits per heavy atom. The van der Waals surface area contributed by atoms with E-state index in [1.807, 2.05) is 55.4 Å². The molecule has 0 radical (unpaired) electrons. The van der Waals surface area contributed by atoms with Crippen molar-refractivity contribution in [3.8, 4) is 0 Å². The Balaban J connectivity index is -0.0000000187. The van der Waals surface area contributed by atoms with E-state index in [2.05, 4.69) is 58.1 Å². The highest BCUT2D eigenvalue weighted by Crippen LogP contribution is 2.08. The van der Waals surface area contributed by atoms with Crippen molar-refractivity contribution in [2.75, 3.05) is 19.6 Å². The van der Waals surface area contributed by atoms with Gasteiger partial charge in [-0.25, -0.2) is 9.59 Å². The van der Waals surface area contributed by atoms with Crippen molar-refractivity contribution in [2.45, 2.75) is 119 Å². The standard InChI is InChI=1S/C6H15N.C5H12.C4H2O3.4C2H6.2CH4.3H2/c1-4-7(5-2)6-3;1-5(2,3)4;5-3-1-2-4(6)7-3;4*1-2;;;;;/h4-6H2,1-3H3;1-4H3;1-2H;4*1-2H3;2*1H4;3*1H. The van der Waals surface area contributed by atoms with Crippen LogP contribution in [0.25, 0.3) is 0 Å². The van der Waals surface area contributed by atoms with Crippen LogP contribution in [0.5, 0.6) is 0 Å². The molecule has 190 valence electrons. The quantitative estimate of drug-likeness (QED) is 0.331. The van der Waals surface area contributed by atoms with Crippen molar-refractivity contribution in [3.63, 3.8) is 0 Å². The van der Waals surface area contributed by atoms with Gasteiger partial charge in [0.25, 0.3) is 0 Å². The zero-order chi connectivity index (χ0) is 23.5. The molecule has 0 saturated heterocycles. The molecule has 0 aromatic carbocycles. The van der Waals surface area contributed by atoms with Gasteiger partial charge in [-0.05, 0) is 25.0 Å². The molecule has 0 bridgehead atoms. The van der Waals surface area contributed by atoms with E-state index >= 15 is 0 Å². The van der Waals surface area contributed by atoms with Gasteiger partial charge in [-0.2, -0.15) is 0 Å². The van der Waals surface area contributed by atoms with Crippen LogP contribution in [0.4, 0.5) is 0 Å². The smallest absolute Gasteiger partial charge is 0.338 e. The summed E-state index contributed by atoms with van der Waals surface area (Å²) in [7, 11) is 0. The van der Waals surface area contributed by atoms with Gasteiger partial charge in [0, 0.05) is 16.4 Å². The van der Waals surface area contributed by atoms with Crippen molar-refractivity contribution in [2.24, 2.45) is 5.41 Å². The fourth-order valence-electron chi connectivity index (χ4n) is 0.974. The summed E-state index contributed by atoms with van der Waals surface area (Å²) in [5.41, 5.74) is 0.500. The molecule has 1 heterocycles. The third-order valence-corrected chi connectivity index (χ3v) is 1.90. The number of hydrogen-bond donors (Lipinski definition) is 0. The molecule has 4 heteroatoms. The predicted octanol–water partition coefficient (Wildman–Crippen LogP) is 9.14. The van der Waals surface area contributed by atoms with Gasteiger partial charge in [-0.1, -0.05) is 119 Å². The average molecular weight is 430 g/mol. The summed E-state index contributed by atoms with van der Waals surface area (Å²) in [6.07, 6.45) is 2.17. The summed E-state index contributed by atoms with van der Waals surface area (Å²) in [4.78, 5) is 22.2. The Morgan fingerprint density at radius 1 is 0.690 bits per heavy atom. The Bertz CT molecular complexity index is 276. The van der Waals surface area contributed by atoms with Gasteiger partial charge in [0.15, 0.2) is 0 Å². The molecular formula is C25H67NO3. The van der Waals surface area contributed by atoms with Crippen molar-refractivity contribution >= 4 is 11.9 Å². The average Bonchev–Trinajstić information content (AvgIpc) is 3.05. The van der Waals surface area contributed by atoms with Crippen molar-refractivity contribution in [1.29, 1.82) is 0 Å². The number of hydrogen-bond acceptors (Lipinski definition) is 4. The Labute approximate surface area is 191 Å². The molecule has 0 saturated carbocycles. The Kier molecular flexibility index (Phi) is 80.0. The van der Waals surface area contributed by atoms with Gasteiger partial charge in [0.2, 0.25) is 0 Å². The van der Waals surface area contributed by atoms with Crippen LogP contribution in [0.1, 0.15) is 123 Å². The highest BCUT2D eigenvalue weighted by atomic mass is 16.6. The molecule has 0 N–H and O–H groups in total. The molecule has 0 aromatic rings. The zero-order valence-corrected chi connectivity index (χ0v) is 21.4. The first-order chi connectivity index (χ1) is 12.6. The third kappa shape index (κ3) is 86.5. The van der Waals surface area contributed by atoms with Gasteiger partial charge in [-0.15, -0.1) is 0 Å². The normalized spacial score (nSPS) is 9.66. The van der Waals surface area contributed by atoms with E-state index in [0.29, 0.717) is 5.41 Å². The second-order valence-corrected chi connectivity index (χ2v) is 5.69. The number of nitrogens with zero attached hydrogens (tertiary/aromatic N) is 1. The summed E-state index contributed by atoms with van der Waals surface area (Å²) in [6, 6.07) is 0. The molecule has 0 atom stereocenters. The lowest BCUT2D eigenvalue weighted by molar-refractivity contribution is -0.150. The number of esters is 2. The number of ether oxygens (including phenoxy) is 1. The molecular weight excluding hydrogens is 362 g/mol. The maximum Gasteiger partial charge on any atom is 0.338 e. The fraction of sp³-hybridized carbons (Fsp3) is 0.840. The van der Waals surface area contributed by atoms with E-state index in [4.69, 9.17) is 0 Å². The number of carbonyl (C=O) groups excluding carboxylic acids is 2. The first kappa shape index (κ1) is 51.0. The molecule has 0 amide bonds. The van der Waals surface area contributed by atoms with E-state index in [1.54, 1.807) is 0 Å². The summed E-state index contributed by atoms with van der Waals surface area (Å²) >= 11 is 0. The fourth-order valence-corrected chi connectivity index (χ4v) is 0.974. The zero-order valence-electron chi connectivity index (χ0n) is 21.4. The number of cyclic esters (lactones) is 2. The lowest BCUT2D eigenvalue weighted by Crippen LogP contribution is -2.21. The van der Waals surface area contributed by atoms with Crippen LogP contribution in [-0.2, 0) is 14.3 Å². The van der Waals surface area contributed by atoms with Crippen LogP contribution < -0.4 is 0 Å². The summed E-state index contributed by atoms with van der Waals surface area (Å²) < 4.78 is 3.97. The molecule has 1 aliphatic heterocycles. The largest absolute Gasteiger partial charge is 0.387 e. The minimum absolute atomic E-state index is 0. The third-order valence-electron chi connectivity index (χ3n) is 1.90. The van der Waals surface area contributed by atoms with E-state index in [-0.39, 0.29) is 19.1 Å². The maximum atomic E-state index is 9.92. The van der Waals surface area contributed by atoms with E-state index in [1.165, 1.54) is 19.6 Å². The molecule has 4 nitrogen and oxygen atoms in total. The first-order valence-corrected chi connectivity index (χ1v) is 10.8. The number of rotatable bonds is 3. The molecule has 1 aliphatic rings. The highest BCUT2D eigenvalue weighted by Gasteiger charge is 2.10. The van der Waals surface area contributed by atoms with Crippen LogP contribution in [0.3, 0.4) is 0 Å². The number of carbonyl (C=O) groups is 2. The van der Waals surface area contributed by atoms with Crippen LogP contribution in [0.15, 0.2) is 12.2 Å².